The Kier molecular flexibility index (Phi) is 1.55. The molecule has 1 heterocycles. The Balaban J connectivity index is 2.75. The molecule has 0 fully saturated rings. The smallest absolute Gasteiger partial charge is 0.193 e. The van der Waals surface area contributed by atoms with Crippen LogP contribution in [0, 0.1) is 0 Å². The topological polar surface area (TPSA) is 49.2 Å². The molecule has 3 nitrogen and oxygen atoms in total. The number of rotatable bonds is 1. The van der Waals surface area contributed by atoms with Crippen LogP contribution >= 0.6 is 0 Å². The molecule has 3 heteroatoms. The number of hydrogen-bond donors (Lipinski definition) is 1. The molecule has 0 aliphatic heterocycles. The van der Waals surface area contributed by atoms with Gasteiger partial charge in [-0.15, -0.1) is 0 Å². The fourth-order valence-electron chi connectivity index (χ4n) is 1.15. The van der Waals surface area contributed by atoms with Gasteiger partial charge >= 0.3 is 0 Å². The van der Waals surface area contributed by atoms with Crippen molar-refractivity contribution in [3.63, 3.8) is 0 Å². The molecule has 1 N–H and O–H groups in total. The van der Waals surface area contributed by atoms with Gasteiger partial charge in [-0.3, -0.25) is 10.1 Å². The maximum Gasteiger partial charge on any atom is 0.193 e. The van der Waals surface area contributed by atoms with Crippen molar-refractivity contribution in [2.75, 3.05) is 0 Å². The molecule has 0 aliphatic carbocycles. The van der Waals surface area contributed by atoms with Crippen LogP contribution in [0.4, 0.5) is 5.69 Å². The number of fused-ring (bicyclic) bond motifs is 1. The van der Waals surface area contributed by atoms with Crippen molar-refractivity contribution in [3.8, 4) is 0 Å². The van der Waals surface area contributed by atoms with Crippen LogP contribution in [0.2, 0.25) is 0 Å². The molecule has 58 valence electrons. The van der Waals surface area contributed by atoms with Crippen molar-refractivity contribution in [2.45, 2.75) is 0 Å². The summed E-state index contributed by atoms with van der Waals surface area (Å²) in [7, 11) is 0. The fraction of sp³-hybridized carbons (Fsp3) is 0. The first-order chi connectivity index (χ1) is 5.90. The molecule has 0 amide bonds. The second-order valence-electron chi connectivity index (χ2n) is 2.52. The number of nitrogens with zero attached hydrogens (tertiary/aromatic N) is 2. The maximum atomic E-state index is 8.63. The molecule has 0 saturated carbocycles. The van der Waals surface area contributed by atoms with Crippen molar-refractivity contribution in [2.24, 2.45) is 0 Å². The minimum absolute atomic E-state index is 0.676. The summed E-state index contributed by atoms with van der Waals surface area (Å²) in [6.07, 6.45) is 1.74. The summed E-state index contributed by atoms with van der Waals surface area (Å²) in [5, 5.41) is 3.10. The number of hydrogen-bond acceptors (Lipinski definition) is 1. The van der Waals surface area contributed by atoms with Crippen LogP contribution in [-0.4, -0.2) is 4.98 Å². The molecule has 1 aromatic heterocycles. The number of aromatic nitrogens is 1. The second kappa shape index (κ2) is 2.70. The van der Waals surface area contributed by atoms with Crippen molar-refractivity contribution in [1.29, 1.82) is 0 Å². The Labute approximate surface area is 69.6 Å². The van der Waals surface area contributed by atoms with Gasteiger partial charge < -0.3 is 5.53 Å². The van der Waals surface area contributed by atoms with E-state index in [0.717, 1.165) is 10.9 Å². The van der Waals surface area contributed by atoms with E-state index in [9.17, 15) is 0 Å². The van der Waals surface area contributed by atoms with Gasteiger partial charge in [0.2, 0.25) is 0 Å². The zero-order valence-electron chi connectivity index (χ0n) is 6.36. The minimum atomic E-state index is 0.676. The van der Waals surface area contributed by atoms with E-state index in [-0.39, 0.29) is 0 Å². The minimum Gasteiger partial charge on any atom is -0.502 e. The van der Waals surface area contributed by atoms with Gasteiger partial charge in [0, 0.05) is 23.7 Å². The molecule has 0 unspecified atom stereocenters. The van der Waals surface area contributed by atoms with E-state index in [1.165, 1.54) is 0 Å². The monoisotopic (exact) mass is 157 g/mol. The first kappa shape index (κ1) is 6.91. The van der Waals surface area contributed by atoms with E-state index >= 15 is 0 Å². The van der Waals surface area contributed by atoms with E-state index in [0.29, 0.717) is 5.69 Å². The van der Waals surface area contributed by atoms with Gasteiger partial charge in [0.25, 0.3) is 0 Å². The summed E-state index contributed by atoms with van der Waals surface area (Å²) in [4.78, 5) is 4.15. The summed E-state index contributed by atoms with van der Waals surface area (Å²) in [6.45, 7) is 0. The first-order valence-corrected chi connectivity index (χ1v) is 3.65. The zero-order chi connectivity index (χ0) is 8.39. The lowest BCUT2D eigenvalue weighted by molar-refractivity contribution is -0.379. The lowest BCUT2D eigenvalue weighted by atomic mass is 10.2. The van der Waals surface area contributed by atoms with Crippen molar-refractivity contribution >= 4 is 16.6 Å². The van der Waals surface area contributed by atoms with E-state index in [4.69, 9.17) is 5.53 Å². The highest BCUT2D eigenvalue weighted by Crippen LogP contribution is 2.12. The Morgan fingerprint density at radius 3 is 3.00 bits per heavy atom. The quantitative estimate of drug-likeness (QED) is 0.616. The molecule has 0 aliphatic rings. The highest BCUT2D eigenvalue weighted by Gasteiger charge is 1.95. The number of pyridine rings is 1. The average Bonchev–Trinajstić information content (AvgIpc) is 2.17. The van der Waals surface area contributed by atoms with Crippen LogP contribution < -0.4 is 5.11 Å². The summed E-state index contributed by atoms with van der Waals surface area (Å²) in [5.41, 5.74) is 10.2. The molecule has 0 atom stereocenters. The number of nitrogens with one attached hydrogen (secondary N) is 1. The van der Waals surface area contributed by atoms with E-state index in [2.05, 4.69) is 10.1 Å². The predicted molar refractivity (Wildman–Crippen MR) is 45.7 cm³/mol. The SMILES string of the molecule is [N-]=[NH+]c1ccc2ncccc2c1. The van der Waals surface area contributed by atoms with Gasteiger partial charge in [-0.25, -0.2) is 0 Å². The lowest BCUT2D eigenvalue weighted by Gasteiger charge is -1.94. The van der Waals surface area contributed by atoms with E-state index in [1.54, 1.807) is 12.3 Å². The highest BCUT2D eigenvalue weighted by molar-refractivity contribution is 5.80. The van der Waals surface area contributed by atoms with Crippen LogP contribution in [0.1, 0.15) is 0 Å². The second-order valence-corrected chi connectivity index (χ2v) is 2.52. The molecule has 12 heavy (non-hydrogen) atoms. The Bertz CT molecular complexity index is 423. The number of benzene rings is 1. The fourth-order valence-corrected chi connectivity index (χ4v) is 1.15. The molecule has 0 saturated heterocycles. The van der Waals surface area contributed by atoms with Crippen LogP contribution in [0.25, 0.3) is 16.4 Å². The molecular formula is C9H7N3. The predicted octanol–water partition coefficient (Wildman–Crippen LogP) is 0.968. The van der Waals surface area contributed by atoms with Gasteiger partial charge in [0.15, 0.2) is 5.69 Å². The third-order valence-electron chi connectivity index (χ3n) is 1.73. The summed E-state index contributed by atoms with van der Waals surface area (Å²) in [5.74, 6) is 0. The Hall–Kier alpha value is -1.77. The van der Waals surface area contributed by atoms with Crippen LogP contribution in [-0.2, 0) is 0 Å². The highest BCUT2D eigenvalue weighted by atomic mass is 15.0. The standard InChI is InChI=1S/C9H7N3/c10-12-8-3-4-9-7(6-8)2-1-5-11-9/h1-6,12H. The zero-order valence-corrected chi connectivity index (χ0v) is 6.36. The van der Waals surface area contributed by atoms with Crippen molar-refractivity contribution in [3.05, 3.63) is 42.1 Å². The summed E-state index contributed by atoms with van der Waals surface area (Å²) >= 11 is 0. The third kappa shape index (κ3) is 1.05. The molecule has 1 aromatic carbocycles. The van der Waals surface area contributed by atoms with Gasteiger partial charge in [0.1, 0.15) is 0 Å². The van der Waals surface area contributed by atoms with Gasteiger partial charge in [0.05, 0.1) is 5.52 Å². The first-order valence-electron chi connectivity index (χ1n) is 3.65. The molecule has 2 rings (SSSR count). The maximum absolute atomic E-state index is 8.63. The van der Waals surface area contributed by atoms with Gasteiger partial charge in [-0.2, -0.15) is 0 Å². The normalized spacial score (nSPS) is 10.0. The Morgan fingerprint density at radius 2 is 2.17 bits per heavy atom. The van der Waals surface area contributed by atoms with Gasteiger partial charge in [-0.05, 0) is 12.1 Å². The molecular weight excluding hydrogens is 150 g/mol. The van der Waals surface area contributed by atoms with Gasteiger partial charge in [-0.1, -0.05) is 6.07 Å². The summed E-state index contributed by atoms with van der Waals surface area (Å²) < 4.78 is 0. The Morgan fingerprint density at radius 1 is 1.25 bits per heavy atom. The third-order valence-corrected chi connectivity index (χ3v) is 1.73. The van der Waals surface area contributed by atoms with Crippen molar-refractivity contribution < 1.29 is 5.11 Å². The summed E-state index contributed by atoms with van der Waals surface area (Å²) in [6, 6.07) is 9.28. The van der Waals surface area contributed by atoms with Crippen LogP contribution in [0.5, 0.6) is 0 Å². The molecule has 0 radical (unpaired) electrons. The average molecular weight is 157 g/mol. The largest absolute Gasteiger partial charge is 0.502 e. The van der Waals surface area contributed by atoms with Crippen molar-refractivity contribution in [1.82, 2.24) is 4.98 Å². The van der Waals surface area contributed by atoms with Crippen LogP contribution in [0.3, 0.4) is 0 Å². The van der Waals surface area contributed by atoms with E-state index in [1.807, 2.05) is 24.3 Å². The van der Waals surface area contributed by atoms with Crippen LogP contribution in [0.15, 0.2) is 36.5 Å². The molecule has 0 spiro atoms. The molecule has 2 aromatic rings. The molecule has 0 bridgehead atoms. The lowest BCUT2D eigenvalue weighted by Crippen LogP contribution is -2.54. The van der Waals surface area contributed by atoms with E-state index < -0.39 is 0 Å².